The van der Waals surface area contributed by atoms with Crippen molar-refractivity contribution in [1.82, 2.24) is 0 Å². The van der Waals surface area contributed by atoms with E-state index in [9.17, 15) is 13.9 Å². The fourth-order valence-electron chi connectivity index (χ4n) is 2.58. The van der Waals surface area contributed by atoms with Crippen molar-refractivity contribution < 1.29 is 18.6 Å². The van der Waals surface area contributed by atoms with Crippen LogP contribution >= 0.6 is 15.9 Å². The Morgan fingerprint density at radius 2 is 1.95 bits per heavy atom. The number of rotatable bonds is 3. The highest BCUT2D eigenvalue weighted by Crippen LogP contribution is 2.37. The van der Waals surface area contributed by atoms with Crippen LogP contribution in [0.2, 0.25) is 0 Å². The first-order valence-electron chi connectivity index (χ1n) is 6.62. The molecule has 0 fully saturated rings. The zero-order chi connectivity index (χ0) is 15.0. The van der Waals surface area contributed by atoms with Gasteiger partial charge in [-0.25, -0.2) is 8.78 Å². The average molecular weight is 355 g/mol. The molecule has 2 nitrogen and oxygen atoms in total. The van der Waals surface area contributed by atoms with Crippen LogP contribution in [0.4, 0.5) is 8.78 Å². The van der Waals surface area contributed by atoms with Gasteiger partial charge >= 0.3 is 0 Å². The van der Waals surface area contributed by atoms with E-state index in [0.717, 1.165) is 16.5 Å². The molecule has 0 saturated heterocycles. The SMILES string of the molecule is OC(Cc1c(F)cccc1F)c1cc(Br)cc2c1OCC2. The minimum absolute atomic E-state index is 0.114. The van der Waals surface area contributed by atoms with E-state index in [0.29, 0.717) is 17.9 Å². The quantitative estimate of drug-likeness (QED) is 0.904. The van der Waals surface area contributed by atoms with E-state index in [2.05, 4.69) is 15.9 Å². The molecule has 0 saturated carbocycles. The molecule has 1 aliphatic heterocycles. The van der Waals surface area contributed by atoms with Crippen LogP contribution in [0.5, 0.6) is 5.75 Å². The summed E-state index contributed by atoms with van der Waals surface area (Å²) in [4.78, 5) is 0. The van der Waals surface area contributed by atoms with Crippen molar-refractivity contribution in [2.45, 2.75) is 18.9 Å². The summed E-state index contributed by atoms with van der Waals surface area (Å²) >= 11 is 3.38. The molecule has 0 aromatic heterocycles. The first-order valence-corrected chi connectivity index (χ1v) is 7.41. The summed E-state index contributed by atoms with van der Waals surface area (Å²) in [6.45, 7) is 0.555. The Morgan fingerprint density at radius 3 is 2.67 bits per heavy atom. The highest BCUT2D eigenvalue weighted by atomic mass is 79.9. The van der Waals surface area contributed by atoms with Gasteiger partial charge in [-0.1, -0.05) is 22.0 Å². The molecule has 5 heteroatoms. The Kier molecular flexibility index (Phi) is 3.95. The zero-order valence-electron chi connectivity index (χ0n) is 11.1. The van der Waals surface area contributed by atoms with Gasteiger partial charge in [0, 0.05) is 28.4 Å². The Balaban J connectivity index is 1.95. The lowest BCUT2D eigenvalue weighted by Crippen LogP contribution is -2.07. The standard InChI is InChI=1S/C16H13BrF2O2/c17-10-6-9-4-5-21-16(9)12(7-10)15(20)8-11-13(18)2-1-3-14(11)19/h1-3,6-7,15,20H,4-5,8H2. The Hall–Kier alpha value is -1.46. The lowest BCUT2D eigenvalue weighted by Gasteiger charge is -2.16. The van der Waals surface area contributed by atoms with E-state index in [-0.39, 0.29) is 12.0 Å². The molecule has 0 radical (unpaired) electrons. The third-order valence-corrected chi connectivity index (χ3v) is 4.05. The van der Waals surface area contributed by atoms with Gasteiger partial charge in [0.25, 0.3) is 0 Å². The van der Waals surface area contributed by atoms with Crippen LogP contribution in [-0.2, 0) is 12.8 Å². The lowest BCUT2D eigenvalue weighted by atomic mass is 9.98. The minimum atomic E-state index is -1.03. The average Bonchev–Trinajstić information content (AvgIpc) is 2.90. The number of aliphatic hydroxyl groups is 1. The number of hydrogen-bond donors (Lipinski definition) is 1. The van der Waals surface area contributed by atoms with Crippen LogP contribution in [-0.4, -0.2) is 11.7 Å². The molecule has 1 unspecified atom stereocenters. The summed E-state index contributed by atoms with van der Waals surface area (Å²) in [6, 6.07) is 7.34. The number of halogens is 3. The van der Waals surface area contributed by atoms with Gasteiger partial charge in [0.1, 0.15) is 17.4 Å². The van der Waals surface area contributed by atoms with Crippen molar-refractivity contribution in [2.24, 2.45) is 0 Å². The fraction of sp³-hybridized carbons (Fsp3) is 0.250. The number of fused-ring (bicyclic) bond motifs is 1. The van der Waals surface area contributed by atoms with Gasteiger partial charge in [-0.2, -0.15) is 0 Å². The van der Waals surface area contributed by atoms with Crippen LogP contribution in [0.25, 0.3) is 0 Å². The van der Waals surface area contributed by atoms with E-state index in [1.54, 1.807) is 6.07 Å². The molecular formula is C16H13BrF2O2. The minimum Gasteiger partial charge on any atom is -0.493 e. The van der Waals surface area contributed by atoms with Gasteiger partial charge < -0.3 is 9.84 Å². The lowest BCUT2D eigenvalue weighted by molar-refractivity contribution is 0.170. The molecule has 21 heavy (non-hydrogen) atoms. The van der Waals surface area contributed by atoms with E-state index in [1.165, 1.54) is 18.2 Å². The van der Waals surface area contributed by atoms with Gasteiger partial charge in [-0.3, -0.25) is 0 Å². The van der Waals surface area contributed by atoms with Crippen molar-refractivity contribution in [1.29, 1.82) is 0 Å². The maximum atomic E-state index is 13.7. The second-order valence-electron chi connectivity index (χ2n) is 5.00. The summed E-state index contributed by atoms with van der Waals surface area (Å²) in [5.41, 5.74) is 1.43. The van der Waals surface area contributed by atoms with E-state index in [4.69, 9.17) is 4.74 Å². The normalized spacial score (nSPS) is 14.7. The van der Waals surface area contributed by atoms with Crippen LogP contribution in [0.15, 0.2) is 34.8 Å². The molecule has 0 spiro atoms. The molecule has 1 N–H and O–H groups in total. The topological polar surface area (TPSA) is 29.5 Å². The zero-order valence-corrected chi connectivity index (χ0v) is 12.7. The number of hydrogen-bond acceptors (Lipinski definition) is 2. The van der Waals surface area contributed by atoms with Crippen LogP contribution < -0.4 is 4.74 Å². The predicted molar refractivity (Wildman–Crippen MR) is 78.4 cm³/mol. The molecule has 1 aliphatic rings. The monoisotopic (exact) mass is 354 g/mol. The Bertz CT molecular complexity index is 668. The Morgan fingerprint density at radius 1 is 1.24 bits per heavy atom. The van der Waals surface area contributed by atoms with E-state index in [1.807, 2.05) is 6.07 Å². The molecule has 2 aromatic carbocycles. The number of ether oxygens (including phenoxy) is 1. The summed E-state index contributed by atoms with van der Waals surface area (Å²) in [5, 5.41) is 10.4. The van der Waals surface area contributed by atoms with Gasteiger partial charge in [-0.05, 0) is 29.8 Å². The van der Waals surface area contributed by atoms with Crippen molar-refractivity contribution in [2.75, 3.05) is 6.61 Å². The second-order valence-corrected chi connectivity index (χ2v) is 5.92. The summed E-state index contributed by atoms with van der Waals surface area (Å²) in [6.07, 6.45) is -0.395. The summed E-state index contributed by atoms with van der Waals surface area (Å²) in [7, 11) is 0. The molecule has 0 amide bonds. The van der Waals surface area contributed by atoms with Gasteiger partial charge in [-0.15, -0.1) is 0 Å². The first-order chi connectivity index (χ1) is 10.1. The van der Waals surface area contributed by atoms with Crippen molar-refractivity contribution in [3.05, 3.63) is 63.1 Å². The van der Waals surface area contributed by atoms with Crippen LogP contribution in [0.1, 0.15) is 22.8 Å². The molecule has 3 rings (SSSR count). The van der Waals surface area contributed by atoms with Gasteiger partial charge in [0.15, 0.2) is 0 Å². The maximum absolute atomic E-state index is 13.7. The van der Waals surface area contributed by atoms with Crippen molar-refractivity contribution in [3.8, 4) is 5.75 Å². The predicted octanol–water partition coefficient (Wildman–Crippen LogP) is 3.94. The maximum Gasteiger partial charge on any atom is 0.129 e. The smallest absolute Gasteiger partial charge is 0.129 e. The molecule has 1 heterocycles. The molecule has 1 atom stereocenters. The van der Waals surface area contributed by atoms with Crippen LogP contribution in [0.3, 0.4) is 0 Å². The number of aliphatic hydroxyl groups excluding tert-OH is 1. The van der Waals surface area contributed by atoms with Crippen molar-refractivity contribution in [3.63, 3.8) is 0 Å². The third kappa shape index (κ3) is 2.80. The number of benzene rings is 2. The summed E-state index contributed by atoms with van der Waals surface area (Å²) < 4.78 is 33.7. The highest BCUT2D eigenvalue weighted by molar-refractivity contribution is 9.10. The van der Waals surface area contributed by atoms with Gasteiger partial charge in [0.2, 0.25) is 0 Å². The fourth-order valence-corrected chi connectivity index (χ4v) is 3.10. The van der Waals surface area contributed by atoms with E-state index < -0.39 is 17.7 Å². The first kappa shape index (κ1) is 14.5. The molecule has 2 aromatic rings. The molecule has 0 bridgehead atoms. The second kappa shape index (κ2) is 5.73. The molecule has 0 aliphatic carbocycles. The molecule has 110 valence electrons. The van der Waals surface area contributed by atoms with E-state index >= 15 is 0 Å². The highest BCUT2D eigenvalue weighted by Gasteiger charge is 2.24. The van der Waals surface area contributed by atoms with Crippen LogP contribution in [0, 0.1) is 11.6 Å². The molecular weight excluding hydrogens is 342 g/mol. The summed E-state index contributed by atoms with van der Waals surface area (Å²) in [5.74, 6) is -0.675. The Labute approximate surface area is 129 Å². The van der Waals surface area contributed by atoms with Crippen molar-refractivity contribution >= 4 is 15.9 Å². The third-order valence-electron chi connectivity index (χ3n) is 3.60. The largest absolute Gasteiger partial charge is 0.493 e. The van der Waals surface area contributed by atoms with Gasteiger partial charge in [0.05, 0.1) is 12.7 Å².